The van der Waals surface area contributed by atoms with Gasteiger partial charge in [-0.1, -0.05) is 0 Å². The maximum atomic E-state index is 15.6. The van der Waals surface area contributed by atoms with Crippen molar-refractivity contribution >= 4 is 39.8 Å². The fourth-order valence-electron chi connectivity index (χ4n) is 7.07. The maximum absolute atomic E-state index is 15.6. The summed E-state index contributed by atoms with van der Waals surface area (Å²) in [5.74, 6) is -1.05. The third-order valence-electron chi connectivity index (χ3n) is 9.94. The van der Waals surface area contributed by atoms with Crippen molar-refractivity contribution in [1.82, 2.24) is 14.8 Å². The molecule has 10 heteroatoms. The molecule has 4 heterocycles. The van der Waals surface area contributed by atoms with Gasteiger partial charge in [-0.15, -0.1) is 0 Å². The highest BCUT2D eigenvalue weighted by Gasteiger charge is 2.38. The van der Waals surface area contributed by atoms with E-state index in [0.29, 0.717) is 53.1 Å². The molecule has 3 aromatic rings. The van der Waals surface area contributed by atoms with Gasteiger partial charge >= 0.3 is 0 Å². The minimum Gasteiger partial charge on any atom is -0.367 e. The molecule has 0 atom stereocenters. The average Bonchev–Trinajstić information content (AvgIpc) is 3.95. The van der Waals surface area contributed by atoms with Gasteiger partial charge in [0.05, 0.1) is 22.6 Å². The standard InChI is InChI=1S/C34H38F2N6O2/c1-38-10-12-40(13-11-38)32-18-30-26(16-28(32)36)34(44)22(20-42(30)24-4-5-24)14-21-19-41(23-2-3-23)29-17-31(39-8-6-37-7-9-39)27(35)15-25(29)33(21)43/h14-18,20,23-24,37H,2-13,19H2,1H3/b21-14+. The number of hydrogen-bond acceptors (Lipinski definition) is 7. The van der Waals surface area contributed by atoms with Crippen molar-refractivity contribution in [3.05, 3.63) is 69.0 Å². The Labute approximate surface area is 255 Å². The number of carbonyl (C=O) groups is 1. The molecule has 4 fully saturated rings. The molecule has 0 unspecified atom stereocenters. The number of likely N-dealkylation sites (N-methyl/N-ethyl adjacent to an activating group) is 1. The summed E-state index contributed by atoms with van der Waals surface area (Å²) < 4.78 is 33.2. The molecule has 3 aliphatic heterocycles. The van der Waals surface area contributed by atoms with E-state index in [4.69, 9.17) is 0 Å². The number of rotatable bonds is 5. The molecule has 230 valence electrons. The van der Waals surface area contributed by atoms with Crippen LogP contribution in [-0.2, 0) is 0 Å². The first-order chi connectivity index (χ1) is 21.4. The summed E-state index contributed by atoms with van der Waals surface area (Å²) >= 11 is 0. The van der Waals surface area contributed by atoms with Crippen LogP contribution in [0.1, 0.15) is 47.6 Å². The second-order valence-corrected chi connectivity index (χ2v) is 13.1. The van der Waals surface area contributed by atoms with Crippen molar-refractivity contribution < 1.29 is 13.6 Å². The van der Waals surface area contributed by atoms with Crippen LogP contribution >= 0.6 is 0 Å². The normalized spacial score (nSPS) is 22.3. The zero-order chi connectivity index (χ0) is 30.1. The van der Waals surface area contributed by atoms with E-state index >= 15 is 8.78 Å². The van der Waals surface area contributed by atoms with Crippen LogP contribution in [0.3, 0.4) is 0 Å². The van der Waals surface area contributed by atoms with Crippen molar-refractivity contribution in [1.29, 1.82) is 0 Å². The van der Waals surface area contributed by atoms with Gasteiger partial charge in [-0.2, -0.15) is 0 Å². The van der Waals surface area contributed by atoms with Crippen LogP contribution in [0.4, 0.5) is 25.8 Å². The third kappa shape index (κ3) is 4.88. The quantitative estimate of drug-likeness (QED) is 0.444. The molecular formula is C34H38F2N6O2. The second-order valence-electron chi connectivity index (χ2n) is 13.1. The van der Waals surface area contributed by atoms with Crippen LogP contribution in [0, 0.1) is 11.6 Å². The first-order valence-corrected chi connectivity index (χ1v) is 16.0. The topological polar surface area (TPSA) is 64.1 Å². The fourth-order valence-corrected chi connectivity index (χ4v) is 7.07. The van der Waals surface area contributed by atoms with Gasteiger partial charge in [-0.3, -0.25) is 9.59 Å². The molecule has 5 aliphatic rings. The van der Waals surface area contributed by atoms with E-state index in [-0.39, 0.29) is 23.3 Å². The molecule has 8 nitrogen and oxygen atoms in total. The Kier molecular flexibility index (Phi) is 6.75. The molecule has 0 amide bonds. The predicted molar refractivity (Wildman–Crippen MR) is 170 cm³/mol. The lowest BCUT2D eigenvalue weighted by molar-refractivity contribution is 0.103. The van der Waals surface area contributed by atoms with E-state index < -0.39 is 11.6 Å². The van der Waals surface area contributed by atoms with Crippen LogP contribution in [0.2, 0.25) is 0 Å². The number of nitrogens with one attached hydrogen (secondary N) is 1. The second kappa shape index (κ2) is 10.7. The summed E-state index contributed by atoms with van der Waals surface area (Å²) in [5.41, 5.74) is 3.47. The first kappa shape index (κ1) is 27.8. The average molecular weight is 601 g/mol. The summed E-state index contributed by atoms with van der Waals surface area (Å²) in [7, 11) is 2.07. The number of fused-ring (bicyclic) bond motifs is 2. The molecule has 0 spiro atoms. The van der Waals surface area contributed by atoms with Gasteiger partial charge in [0.15, 0.2) is 11.2 Å². The number of halogens is 2. The highest BCUT2D eigenvalue weighted by molar-refractivity contribution is 6.17. The van der Waals surface area contributed by atoms with E-state index in [2.05, 4.69) is 31.6 Å². The summed E-state index contributed by atoms with van der Waals surface area (Å²) in [6, 6.07) is 6.98. The Morgan fingerprint density at radius 3 is 2.16 bits per heavy atom. The minimum atomic E-state index is -0.399. The molecule has 2 saturated carbocycles. The summed E-state index contributed by atoms with van der Waals surface area (Å²) in [6.07, 6.45) is 7.54. The SMILES string of the molecule is CN1CCN(c2cc3c(cc2F)c(=O)c(/C=C2\CN(C4CC4)c4cc(N5CCNCC5)c(F)cc4C2=O)cn3C2CC2)CC1. The van der Waals surface area contributed by atoms with Gasteiger partial charge < -0.3 is 29.5 Å². The first-order valence-electron chi connectivity index (χ1n) is 16.0. The van der Waals surface area contributed by atoms with Crippen molar-refractivity contribution in [3.63, 3.8) is 0 Å². The monoisotopic (exact) mass is 600 g/mol. The van der Waals surface area contributed by atoms with E-state index in [1.54, 1.807) is 6.08 Å². The molecule has 0 bridgehead atoms. The molecule has 0 radical (unpaired) electrons. The van der Waals surface area contributed by atoms with Crippen molar-refractivity contribution in [2.24, 2.45) is 0 Å². The highest BCUT2D eigenvalue weighted by Crippen LogP contribution is 2.42. The lowest BCUT2D eigenvalue weighted by Gasteiger charge is -2.35. The van der Waals surface area contributed by atoms with Crippen LogP contribution in [0.5, 0.6) is 0 Å². The number of Topliss-reactive ketones (excluding diaryl/α,β-unsaturated/α-hetero) is 1. The van der Waals surface area contributed by atoms with E-state index in [9.17, 15) is 9.59 Å². The van der Waals surface area contributed by atoms with Gasteiger partial charge in [0.1, 0.15) is 11.6 Å². The number of nitrogens with zero attached hydrogens (tertiary/aromatic N) is 5. The Morgan fingerprint density at radius 2 is 1.45 bits per heavy atom. The van der Waals surface area contributed by atoms with Gasteiger partial charge in [0.25, 0.3) is 0 Å². The van der Waals surface area contributed by atoms with Crippen LogP contribution in [0.25, 0.3) is 17.0 Å². The van der Waals surface area contributed by atoms with Crippen molar-refractivity contribution in [2.45, 2.75) is 37.8 Å². The summed E-state index contributed by atoms with van der Waals surface area (Å²) in [4.78, 5) is 36.3. The zero-order valence-electron chi connectivity index (χ0n) is 25.1. The Hall–Kier alpha value is -3.76. The fraction of sp³-hybridized carbons (Fsp3) is 0.471. The van der Waals surface area contributed by atoms with Crippen molar-refractivity contribution in [3.8, 4) is 0 Å². The minimum absolute atomic E-state index is 0.240. The lowest BCUT2D eigenvalue weighted by atomic mass is 9.93. The largest absolute Gasteiger partial charge is 0.367 e. The smallest absolute Gasteiger partial charge is 0.196 e. The lowest BCUT2D eigenvalue weighted by Crippen LogP contribution is -2.44. The molecule has 1 aromatic heterocycles. The Balaban J connectivity index is 1.20. The number of hydrogen-bond donors (Lipinski definition) is 1. The number of anilines is 3. The number of carbonyl (C=O) groups excluding carboxylic acids is 1. The maximum Gasteiger partial charge on any atom is 0.196 e. The zero-order valence-corrected chi connectivity index (χ0v) is 25.1. The highest BCUT2D eigenvalue weighted by atomic mass is 19.1. The van der Waals surface area contributed by atoms with Crippen LogP contribution < -0.4 is 25.4 Å². The van der Waals surface area contributed by atoms with E-state index in [0.717, 1.165) is 76.2 Å². The third-order valence-corrected chi connectivity index (χ3v) is 9.94. The number of piperazine rings is 2. The molecular weight excluding hydrogens is 562 g/mol. The molecule has 8 rings (SSSR count). The molecule has 1 N–H and O–H groups in total. The summed E-state index contributed by atoms with van der Waals surface area (Å²) in [5, 5.41) is 3.63. The van der Waals surface area contributed by atoms with Gasteiger partial charge in [0, 0.05) is 99.3 Å². The predicted octanol–water partition coefficient (Wildman–Crippen LogP) is 4.02. The van der Waals surface area contributed by atoms with Gasteiger partial charge in [-0.25, -0.2) is 8.78 Å². The van der Waals surface area contributed by atoms with E-state index in [1.807, 2.05) is 23.2 Å². The molecule has 2 aliphatic carbocycles. The number of aromatic nitrogens is 1. The number of benzene rings is 2. The Morgan fingerprint density at radius 1 is 0.795 bits per heavy atom. The number of ketones is 1. The van der Waals surface area contributed by atoms with E-state index in [1.165, 1.54) is 12.1 Å². The van der Waals surface area contributed by atoms with Crippen LogP contribution in [-0.4, -0.2) is 87.2 Å². The Bertz CT molecular complexity index is 1750. The van der Waals surface area contributed by atoms with Crippen LogP contribution in [0.15, 0.2) is 40.8 Å². The van der Waals surface area contributed by atoms with Gasteiger partial charge in [-0.05, 0) is 63.1 Å². The van der Waals surface area contributed by atoms with Crippen molar-refractivity contribution in [2.75, 3.05) is 80.7 Å². The molecule has 2 saturated heterocycles. The summed E-state index contributed by atoms with van der Waals surface area (Å²) in [6.45, 7) is 6.55. The van der Waals surface area contributed by atoms with Gasteiger partial charge in [0.2, 0.25) is 0 Å². The molecule has 44 heavy (non-hydrogen) atoms. The molecule has 2 aromatic carbocycles. The number of pyridine rings is 1.